The summed E-state index contributed by atoms with van der Waals surface area (Å²) in [6.07, 6.45) is 5.60. The number of rotatable bonds is 6. The molecule has 10 nitrogen and oxygen atoms in total. The molecule has 3 aromatic rings. The highest BCUT2D eigenvalue weighted by atomic mass is 32.1. The molecule has 246 valence electrons. The molecule has 3 amide bonds. The molecule has 1 spiro atoms. The maximum atomic E-state index is 14.4. The predicted octanol–water partition coefficient (Wildman–Crippen LogP) is 5.38. The highest BCUT2D eigenvalue weighted by Crippen LogP contribution is 2.58. The van der Waals surface area contributed by atoms with Gasteiger partial charge in [-0.3, -0.25) is 18.9 Å². The van der Waals surface area contributed by atoms with Crippen LogP contribution in [0.1, 0.15) is 84.0 Å². The number of nitrogens with zero attached hydrogens (tertiary/aromatic N) is 3. The van der Waals surface area contributed by atoms with Crippen LogP contribution in [0.15, 0.2) is 54.6 Å². The standard InChI is InChI=1S/C34H36FN4O6PS/c35-30(46(43,44)45)21-10-13-28-22(16-21)17-29(47-28)31(40)37-26-9-5-4-8-23-11-12-27(39(23)32(26)41)33(42)38-19-24(20-6-2-1-3-7-20)25(18-36)34(38)14-15-34/h1-3,6-7,10,13,16-17,23-27,30H,4-5,8-9,11-12,14-15,19H2,(H,37,40)(H2,43,44,45)/t23-,24-,25-,26-,27-,30?/m0/s1. The molecule has 1 aromatic heterocycles. The largest absolute Gasteiger partial charge is 0.363 e. The minimum absolute atomic E-state index is 0.0927. The van der Waals surface area contributed by atoms with Gasteiger partial charge < -0.3 is 24.9 Å². The first-order valence-corrected chi connectivity index (χ1v) is 18.6. The highest BCUT2D eigenvalue weighted by Gasteiger charge is 2.64. The van der Waals surface area contributed by atoms with Crippen molar-refractivity contribution >= 4 is 46.7 Å². The van der Waals surface area contributed by atoms with Gasteiger partial charge in [-0.15, -0.1) is 11.3 Å². The molecule has 0 bridgehead atoms. The van der Waals surface area contributed by atoms with Gasteiger partial charge in [0.1, 0.15) is 12.1 Å². The molecule has 0 radical (unpaired) electrons. The van der Waals surface area contributed by atoms with Crippen LogP contribution in [0, 0.1) is 17.2 Å². The Hall–Kier alpha value is -3.62. The number of amides is 3. The van der Waals surface area contributed by atoms with Gasteiger partial charge in [-0.05, 0) is 73.2 Å². The van der Waals surface area contributed by atoms with E-state index in [0.717, 1.165) is 49.0 Å². The number of carbonyl (C=O) groups is 3. The third-order valence-electron chi connectivity index (χ3n) is 10.6. The molecule has 13 heteroatoms. The fraction of sp³-hybridized carbons (Fsp3) is 0.471. The van der Waals surface area contributed by atoms with Crippen molar-refractivity contribution in [1.82, 2.24) is 15.1 Å². The van der Waals surface area contributed by atoms with E-state index in [-0.39, 0.29) is 40.1 Å². The Balaban J connectivity index is 1.11. The SMILES string of the molecule is N#C[C@H]1[C@H](c2ccccc2)CN(C(=O)[C@@H]2CC[C@@H]3CCCC[C@H](NC(=O)c4cc5cc(C(F)P(=O)(O)O)ccc5s4)C(=O)N32)C12CC2. The van der Waals surface area contributed by atoms with Crippen LogP contribution >= 0.6 is 18.9 Å². The van der Waals surface area contributed by atoms with E-state index >= 15 is 0 Å². The van der Waals surface area contributed by atoms with Gasteiger partial charge in [0, 0.05) is 23.2 Å². The molecule has 3 N–H and O–H groups in total. The fourth-order valence-corrected chi connectivity index (χ4v) is 9.58. The third kappa shape index (κ3) is 5.67. The number of benzene rings is 2. The molecule has 4 fully saturated rings. The molecule has 6 atom stereocenters. The molecule has 2 aromatic carbocycles. The fourth-order valence-electron chi connectivity index (χ4n) is 8.09. The Morgan fingerprint density at radius 1 is 1.06 bits per heavy atom. The van der Waals surface area contributed by atoms with Crippen molar-refractivity contribution in [3.8, 4) is 6.07 Å². The maximum absolute atomic E-state index is 14.4. The summed E-state index contributed by atoms with van der Waals surface area (Å²) in [4.78, 5) is 64.5. The van der Waals surface area contributed by atoms with Gasteiger partial charge in [-0.2, -0.15) is 5.26 Å². The lowest BCUT2D eigenvalue weighted by molar-refractivity contribution is -0.148. The molecule has 1 unspecified atom stereocenters. The van der Waals surface area contributed by atoms with Crippen LogP contribution in [0.25, 0.3) is 10.1 Å². The summed E-state index contributed by atoms with van der Waals surface area (Å²) in [7, 11) is -4.99. The number of carbonyl (C=O) groups excluding carboxylic acids is 3. The molecular weight excluding hydrogens is 642 g/mol. The zero-order chi connectivity index (χ0) is 33.1. The maximum Gasteiger partial charge on any atom is 0.363 e. The van der Waals surface area contributed by atoms with Gasteiger partial charge in [0.05, 0.1) is 22.4 Å². The first-order valence-electron chi connectivity index (χ1n) is 16.1. The smallest absolute Gasteiger partial charge is 0.340 e. The van der Waals surface area contributed by atoms with Gasteiger partial charge >= 0.3 is 7.60 Å². The molecule has 3 aliphatic heterocycles. The lowest BCUT2D eigenvalue weighted by atomic mass is 9.85. The van der Waals surface area contributed by atoms with Crippen molar-refractivity contribution in [3.63, 3.8) is 0 Å². The second kappa shape index (κ2) is 12.1. The van der Waals surface area contributed by atoms with E-state index in [4.69, 9.17) is 0 Å². The average Bonchev–Trinajstić information content (AvgIpc) is 3.40. The minimum Gasteiger partial charge on any atom is -0.340 e. The van der Waals surface area contributed by atoms with Crippen LogP contribution in [0.5, 0.6) is 0 Å². The van der Waals surface area contributed by atoms with E-state index in [1.165, 1.54) is 24.3 Å². The summed E-state index contributed by atoms with van der Waals surface area (Å²) in [5, 5.41) is 13.6. The lowest BCUT2D eigenvalue weighted by Crippen LogP contribution is -2.57. The van der Waals surface area contributed by atoms with E-state index < -0.39 is 37.0 Å². The Labute approximate surface area is 275 Å². The summed E-state index contributed by atoms with van der Waals surface area (Å²) in [5.74, 6) is -3.73. The van der Waals surface area contributed by atoms with E-state index in [1.807, 2.05) is 35.2 Å². The zero-order valence-electron chi connectivity index (χ0n) is 25.6. The van der Waals surface area contributed by atoms with Crippen LogP contribution < -0.4 is 5.32 Å². The van der Waals surface area contributed by atoms with Gasteiger partial charge in [-0.1, -0.05) is 49.2 Å². The van der Waals surface area contributed by atoms with Crippen LogP contribution in [-0.4, -0.2) is 67.5 Å². The van der Waals surface area contributed by atoms with Gasteiger partial charge in [0.15, 0.2) is 0 Å². The molecule has 1 aliphatic carbocycles. The molecular formula is C34H36FN4O6PS. The Morgan fingerprint density at radius 3 is 2.51 bits per heavy atom. The molecule has 3 saturated heterocycles. The summed E-state index contributed by atoms with van der Waals surface area (Å²) in [6, 6.07) is 16.4. The summed E-state index contributed by atoms with van der Waals surface area (Å²) in [5.41, 5.74) is 0.362. The Morgan fingerprint density at radius 2 is 1.81 bits per heavy atom. The van der Waals surface area contributed by atoms with Crippen LogP contribution in [0.4, 0.5) is 4.39 Å². The number of fused-ring (bicyclic) bond motifs is 2. The van der Waals surface area contributed by atoms with Crippen molar-refractivity contribution in [1.29, 1.82) is 5.26 Å². The molecule has 4 aliphatic rings. The summed E-state index contributed by atoms with van der Waals surface area (Å²) in [6.45, 7) is 0.440. The van der Waals surface area contributed by atoms with E-state index in [9.17, 15) is 38.4 Å². The van der Waals surface area contributed by atoms with Gasteiger partial charge in [0.2, 0.25) is 17.7 Å². The number of likely N-dealkylation sites (tertiary alicyclic amines) is 1. The number of alkyl halides is 1. The van der Waals surface area contributed by atoms with Crippen molar-refractivity contribution in [2.24, 2.45) is 5.92 Å². The average molecular weight is 679 g/mol. The molecule has 1 saturated carbocycles. The third-order valence-corrected chi connectivity index (χ3v) is 12.6. The lowest BCUT2D eigenvalue weighted by Gasteiger charge is -2.37. The first-order chi connectivity index (χ1) is 22.5. The second-order valence-corrected chi connectivity index (χ2v) is 16.0. The zero-order valence-corrected chi connectivity index (χ0v) is 27.3. The van der Waals surface area contributed by atoms with E-state index in [2.05, 4.69) is 11.4 Å². The van der Waals surface area contributed by atoms with Crippen molar-refractivity contribution in [3.05, 3.63) is 70.6 Å². The second-order valence-electron chi connectivity index (χ2n) is 13.3. The highest BCUT2D eigenvalue weighted by molar-refractivity contribution is 7.51. The van der Waals surface area contributed by atoms with E-state index in [1.54, 1.807) is 4.90 Å². The van der Waals surface area contributed by atoms with Crippen molar-refractivity contribution in [2.75, 3.05) is 6.54 Å². The monoisotopic (exact) mass is 678 g/mol. The number of nitrogens with one attached hydrogen (secondary N) is 1. The van der Waals surface area contributed by atoms with Crippen molar-refractivity contribution < 1.29 is 33.1 Å². The van der Waals surface area contributed by atoms with Gasteiger partial charge in [0.25, 0.3) is 5.91 Å². The quantitative estimate of drug-likeness (QED) is 0.296. The van der Waals surface area contributed by atoms with Gasteiger partial charge in [-0.25, -0.2) is 4.39 Å². The summed E-state index contributed by atoms with van der Waals surface area (Å²) >= 11 is 1.14. The van der Waals surface area contributed by atoms with Crippen molar-refractivity contribution in [2.45, 2.75) is 86.9 Å². The minimum atomic E-state index is -4.99. The first kappa shape index (κ1) is 32.0. The predicted molar refractivity (Wildman–Crippen MR) is 173 cm³/mol. The number of thiophene rings is 1. The topological polar surface area (TPSA) is 151 Å². The summed E-state index contributed by atoms with van der Waals surface area (Å²) < 4.78 is 26.4. The van der Waals surface area contributed by atoms with Crippen LogP contribution in [0.3, 0.4) is 0 Å². The van der Waals surface area contributed by atoms with Crippen LogP contribution in [0.2, 0.25) is 0 Å². The van der Waals surface area contributed by atoms with E-state index in [0.29, 0.717) is 35.9 Å². The molecule has 7 rings (SSSR count). The number of halogens is 1. The Kier molecular flexibility index (Phi) is 8.24. The number of hydrogen-bond acceptors (Lipinski definition) is 6. The number of hydrogen-bond donors (Lipinski definition) is 3. The Bertz CT molecular complexity index is 1820. The number of nitriles is 1. The molecule has 47 heavy (non-hydrogen) atoms. The van der Waals surface area contributed by atoms with Crippen LogP contribution in [-0.2, 0) is 14.2 Å². The molecule has 4 heterocycles. The normalized spacial score (nSPS) is 27.6.